The van der Waals surface area contributed by atoms with Crippen LogP contribution in [-0.2, 0) is 142 Å². The van der Waals surface area contributed by atoms with Gasteiger partial charge in [-0.1, -0.05) is 91.9 Å². The minimum Gasteiger partial charge on any atom is -0.445 e. The standard InChI is InChI=1S/C28H34B3N3O9.C28H31B3N2O9.2C10H11BO3.H2O/c1-5-20-6-9-23(32-17(2)37)12-26(20)29(40)42-31(28-14-25(34-19(4)39)11-8-22(28)16-36)43-30(41)27-13-24(33-18(3)38)10-7-21(27)15-35;1-17(37)10-20-4-5-21(14-34)26(11-20)29-40-30(27-12-24(32-18(2)38)8-6-22(27)15-35)42-31(41-29)28-13-25(33-19(3)39)9-7-23(28)16-36;2*1-7(12)4-8-2-3-9-6-14-11(13)10(9)5-8;/h6-14,35-36,40-41H,5,15-16H2,1-4H3,(H,32,37)(H,33,38)(H,34,39);4-9,11-13,34-36H,10,14-16H2,1-3H3,(H,32,38)(H,33,39);2*2-3,5,13H,4,6H2,1H3;1H2. The summed E-state index contributed by atoms with van der Waals surface area (Å²) in [6.07, 6.45) is 1.51. The molecule has 8 aromatic carbocycles. The monoisotopic (exact) mass is 1560 g/mol. The summed E-state index contributed by atoms with van der Waals surface area (Å²) in [5, 5.41) is 105. The number of aliphatic hydroxyl groups is 5. The van der Waals surface area contributed by atoms with Crippen LogP contribution < -0.4 is 70.3 Å². The number of aryl methyl sites for hydroxylation is 1. The normalized spacial score (nSPS) is 12.4. The number of carbonyl (C=O) groups excluding carboxylic acids is 8. The van der Waals surface area contributed by atoms with E-state index in [2.05, 4.69) is 26.6 Å². The molecule has 11 rings (SSSR count). The maximum Gasteiger partial charge on any atom is 0.491 e. The number of rotatable bonds is 27. The maximum atomic E-state index is 11.8. The molecule has 592 valence electrons. The third-order valence-electron chi connectivity index (χ3n) is 17.7. The second-order valence-electron chi connectivity index (χ2n) is 26.9. The molecule has 0 bridgehead atoms. The van der Waals surface area contributed by atoms with Crippen molar-refractivity contribution in [3.8, 4) is 0 Å². The lowest BCUT2D eigenvalue weighted by Crippen LogP contribution is -2.62. The average Bonchev–Trinajstić information content (AvgIpc) is 1.16. The number of ketones is 3. The van der Waals surface area contributed by atoms with Crippen molar-refractivity contribution < 1.29 is 122 Å². The van der Waals surface area contributed by atoms with Crippen molar-refractivity contribution in [3.05, 3.63) is 207 Å². The Hall–Kier alpha value is -10.0. The smallest absolute Gasteiger partial charge is 0.445 e. The number of Topliss-reactive ketones (excluding diaryl/α,β-unsaturated/α-hetero) is 3. The molecule has 1 fully saturated rings. The number of carbonyl (C=O) groups is 8. The Morgan fingerprint density at radius 2 is 0.640 bits per heavy atom. The molecule has 0 aliphatic carbocycles. The zero-order valence-corrected chi connectivity index (χ0v) is 64.4. The van der Waals surface area contributed by atoms with Gasteiger partial charge in [-0.05, 0) is 193 Å². The Balaban J connectivity index is 0.000000234. The molecule has 0 spiro atoms. The van der Waals surface area contributed by atoms with Crippen LogP contribution >= 0.6 is 0 Å². The van der Waals surface area contributed by atoms with Crippen LogP contribution in [0.25, 0.3) is 0 Å². The molecule has 8 aromatic rings. The van der Waals surface area contributed by atoms with Gasteiger partial charge in [0.05, 0.1) is 46.2 Å². The average molecular weight is 1560 g/mol. The van der Waals surface area contributed by atoms with Crippen molar-refractivity contribution in [1.29, 1.82) is 0 Å². The predicted octanol–water partition coefficient (Wildman–Crippen LogP) is -1.38. The zero-order valence-electron chi connectivity index (χ0n) is 64.4. The predicted molar refractivity (Wildman–Crippen MR) is 436 cm³/mol. The van der Waals surface area contributed by atoms with E-state index in [-0.39, 0.29) is 89.5 Å². The van der Waals surface area contributed by atoms with Crippen molar-refractivity contribution in [2.24, 2.45) is 0 Å². The van der Waals surface area contributed by atoms with Gasteiger partial charge in [-0.3, -0.25) is 38.4 Å². The molecule has 0 atom stereocenters. The maximum absolute atomic E-state index is 11.8. The molecule has 3 aliphatic heterocycles. The summed E-state index contributed by atoms with van der Waals surface area (Å²) in [7, 11) is -10.00. The van der Waals surface area contributed by atoms with Gasteiger partial charge in [-0.2, -0.15) is 0 Å². The van der Waals surface area contributed by atoms with Crippen LogP contribution in [0.1, 0.15) is 124 Å². The van der Waals surface area contributed by atoms with Crippen LogP contribution in [0, 0.1) is 0 Å². The molecule has 38 heteroatoms. The SMILES string of the molecule is CC(=O)Cc1ccc(CO)c(B2OB(c3cc(NC(C)=O)ccc3CO)OB(c3cc(NC(C)=O)ccc3CO)O2)c1.CC(=O)Cc1ccc2c(c1)B(O)OC2.CC(=O)Cc1ccc2c(c1)B(O)OC2.CCc1ccc(NC(C)=O)cc1B(O)OB(OB(O)c1cc(NC(C)=O)ccc1CO)c1cc(NC(C)=O)ccc1CO.O. The topological polar surface area (TPSA) is 475 Å². The first kappa shape index (κ1) is 91.1. The molecule has 5 amide bonds. The minimum absolute atomic E-state index is 0. The van der Waals surface area contributed by atoms with Gasteiger partial charge in [0.2, 0.25) is 29.5 Å². The fourth-order valence-corrected chi connectivity index (χ4v) is 12.6. The first-order valence-corrected chi connectivity index (χ1v) is 36.0. The van der Waals surface area contributed by atoms with Gasteiger partial charge in [0.25, 0.3) is 0 Å². The number of hydrogen-bond acceptors (Lipinski definition) is 24. The quantitative estimate of drug-likeness (QED) is 0.0264. The fraction of sp³-hybridized carbons (Fsp3) is 0.263. The van der Waals surface area contributed by atoms with E-state index in [0.29, 0.717) is 122 Å². The van der Waals surface area contributed by atoms with Gasteiger partial charge in [-0.25, -0.2) is 0 Å². The summed E-state index contributed by atoms with van der Waals surface area (Å²) < 4.78 is 40.9. The Labute approximate surface area is 662 Å². The molecule has 16 N–H and O–H groups in total. The van der Waals surface area contributed by atoms with E-state index >= 15 is 0 Å². The Bertz CT molecular complexity index is 4450. The third-order valence-corrected chi connectivity index (χ3v) is 17.7. The summed E-state index contributed by atoms with van der Waals surface area (Å²) in [6.45, 7) is 12.1. The number of amides is 5. The second kappa shape index (κ2) is 43.4. The highest BCUT2D eigenvalue weighted by atomic mass is 16.7. The van der Waals surface area contributed by atoms with E-state index in [1.54, 1.807) is 98.8 Å². The summed E-state index contributed by atoms with van der Waals surface area (Å²) in [5.41, 5.74) is 12.8. The van der Waals surface area contributed by atoms with E-state index in [9.17, 15) is 84.0 Å². The van der Waals surface area contributed by atoms with Gasteiger partial charge in [-0.15, -0.1) is 0 Å². The van der Waals surface area contributed by atoms with Gasteiger partial charge >= 0.3 is 56.9 Å². The number of aliphatic hydroxyl groups excluding tert-OH is 5. The van der Waals surface area contributed by atoms with Crippen molar-refractivity contribution in [2.45, 2.75) is 134 Å². The highest BCUT2D eigenvalue weighted by molar-refractivity contribution is 6.87. The lowest BCUT2D eigenvalue weighted by atomic mass is 9.59. The summed E-state index contributed by atoms with van der Waals surface area (Å²) >= 11 is 0. The first-order valence-electron chi connectivity index (χ1n) is 36.0. The van der Waals surface area contributed by atoms with E-state index in [1.807, 2.05) is 43.3 Å². The van der Waals surface area contributed by atoms with E-state index in [4.69, 9.17) is 32.2 Å². The molecule has 0 radical (unpaired) electrons. The number of anilines is 5. The van der Waals surface area contributed by atoms with Crippen LogP contribution in [0.3, 0.4) is 0 Å². The van der Waals surface area contributed by atoms with Gasteiger partial charge < -0.3 is 110 Å². The Morgan fingerprint density at radius 1 is 0.368 bits per heavy atom. The number of fused-ring (bicyclic) bond motifs is 2. The molecule has 3 aliphatic rings. The first-order chi connectivity index (χ1) is 53.9. The van der Waals surface area contributed by atoms with Crippen LogP contribution in [0.4, 0.5) is 28.4 Å². The van der Waals surface area contributed by atoms with Crippen LogP contribution in [0.5, 0.6) is 0 Å². The van der Waals surface area contributed by atoms with Crippen LogP contribution in [-0.4, -0.2) is 155 Å². The third kappa shape index (κ3) is 26.0. The van der Waals surface area contributed by atoms with E-state index in [0.717, 1.165) is 33.2 Å². The van der Waals surface area contributed by atoms with Crippen LogP contribution in [0.2, 0.25) is 0 Å². The zero-order chi connectivity index (χ0) is 82.3. The second-order valence-corrected chi connectivity index (χ2v) is 26.9. The number of nitrogens with one attached hydrogen (secondary N) is 5. The highest BCUT2D eigenvalue weighted by Crippen LogP contribution is 2.22. The van der Waals surface area contributed by atoms with Gasteiger partial charge in [0, 0.05) is 82.3 Å². The van der Waals surface area contributed by atoms with Crippen molar-refractivity contribution in [1.82, 2.24) is 0 Å². The molecule has 1 saturated heterocycles. The molecule has 30 nitrogen and oxygen atoms in total. The molecular formula is C76H89B8N5O25. The number of benzene rings is 8. The summed E-state index contributed by atoms with van der Waals surface area (Å²) in [6, 6.07) is 40.3. The van der Waals surface area contributed by atoms with E-state index in [1.165, 1.54) is 65.8 Å². The van der Waals surface area contributed by atoms with Gasteiger partial charge in [0.15, 0.2) is 0 Å². The largest absolute Gasteiger partial charge is 0.491 e. The minimum atomic E-state index is -1.75. The lowest BCUT2D eigenvalue weighted by molar-refractivity contribution is -0.117. The van der Waals surface area contributed by atoms with Gasteiger partial charge in [0.1, 0.15) is 17.3 Å². The Kier molecular flexibility index (Phi) is 34.7. The fourth-order valence-electron chi connectivity index (χ4n) is 12.6. The van der Waals surface area contributed by atoms with E-state index < -0.39 is 70.2 Å². The lowest BCUT2D eigenvalue weighted by Gasteiger charge is -2.33. The summed E-state index contributed by atoms with van der Waals surface area (Å²) in [5.74, 6) is -1.40. The summed E-state index contributed by atoms with van der Waals surface area (Å²) in [4.78, 5) is 92.1. The highest BCUT2D eigenvalue weighted by Gasteiger charge is 2.46. The molecule has 0 saturated carbocycles. The van der Waals surface area contributed by atoms with Crippen molar-refractivity contribution >= 4 is 176 Å². The van der Waals surface area contributed by atoms with Crippen molar-refractivity contribution in [3.63, 3.8) is 0 Å². The molecule has 114 heavy (non-hydrogen) atoms. The molecule has 0 unspecified atom stereocenters. The molecule has 0 aromatic heterocycles. The Morgan fingerprint density at radius 3 is 0.965 bits per heavy atom. The molecular weight excluding hydrogens is 1470 g/mol. The van der Waals surface area contributed by atoms with Crippen LogP contribution in [0.15, 0.2) is 146 Å². The number of hydrogen-bond donors (Lipinski definition) is 14. The molecule has 3 heterocycles. The van der Waals surface area contributed by atoms with Crippen molar-refractivity contribution in [2.75, 3.05) is 26.6 Å².